The van der Waals surface area contributed by atoms with Crippen LogP contribution in [0.4, 0.5) is 4.79 Å². The number of amides is 2. The highest BCUT2D eigenvalue weighted by Crippen LogP contribution is 2.02. The predicted molar refractivity (Wildman–Crippen MR) is 58.9 cm³/mol. The molecule has 78 valence electrons. The van der Waals surface area contributed by atoms with Crippen molar-refractivity contribution in [3.05, 3.63) is 35.4 Å². The lowest BCUT2D eigenvalue weighted by molar-refractivity contribution is 0.219. The van der Waals surface area contributed by atoms with Crippen LogP contribution in [0, 0.1) is 6.92 Å². The number of aryl methyl sites for hydroxylation is 1. The molecule has 2 amide bonds. The Balaban J connectivity index is 2.08. The van der Waals surface area contributed by atoms with Crippen molar-refractivity contribution < 1.29 is 4.79 Å². The maximum absolute atomic E-state index is 11.2. The van der Waals surface area contributed by atoms with Gasteiger partial charge in [-0.1, -0.05) is 29.8 Å². The second-order valence-corrected chi connectivity index (χ2v) is 3.51. The van der Waals surface area contributed by atoms with E-state index in [-0.39, 0.29) is 6.03 Å². The molecule has 4 nitrogen and oxygen atoms in total. The van der Waals surface area contributed by atoms with Gasteiger partial charge in [0.1, 0.15) is 0 Å². The van der Waals surface area contributed by atoms with Crippen LogP contribution >= 0.6 is 0 Å². The molecule has 0 atom stereocenters. The number of hydrogen-bond acceptors (Lipinski definition) is 2. The summed E-state index contributed by atoms with van der Waals surface area (Å²) in [6.45, 7) is 3.34. The number of rotatable bonds is 2. The maximum Gasteiger partial charge on any atom is 0.337 e. The van der Waals surface area contributed by atoms with E-state index in [4.69, 9.17) is 0 Å². The normalized spacial score (nSPS) is 16.1. The van der Waals surface area contributed by atoms with Gasteiger partial charge in [-0.25, -0.2) is 9.80 Å². The molecule has 1 aliphatic heterocycles. The van der Waals surface area contributed by atoms with Crippen molar-refractivity contribution in [3.8, 4) is 0 Å². The van der Waals surface area contributed by atoms with E-state index in [1.807, 2.05) is 31.2 Å². The van der Waals surface area contributed by atoms with Crippen LogP contribution in [-0.2, 0) is 0 Å². The molecule has 1 aliphatic rings. The van der Waals surface area contributed by atoms with Crippen molar-refractivity contribution >= 4 is 12.2 Å². The molecule has 1 heterocycles. The van der Waals surface area contributed by atoms with Gasteiger partial charge in [-0.05, 0) is 12.5 Å². The smallest absolute Gasteiger partial charge is 0.335 e. The van der Waals surface area contributed by atoms with Crippen molar-refractivity contribution in [2.75, 3.05) is 13.1 Å². The Bertz CT molecular complexity index is 401. The van der Waals surface area contributed by atoms with Gasteiger partial charge < -0.3 is 5.32 Å². The maximum atomic E-state index is 11.2. The average molecular weight is 203 g/mol. The van der Waals surface area contributed by atoms with Gasteiger partial charge >= 0.3 is 6.03 Å². The van der Waals surface area contributed by atoms with Crippen LogP contribution in [0.2, 0.25) is 0 Å². The van der Waals surface area contributed by atoms with Gasteiger partial charge in [-0.15, -0.1) is 0 Å². The van der Waals surface area contributed by atoms with E-state index in [2.05, 4.69) is 10.4 Å². The van der Waals surface area contributed by atoms with Gasteiger partial charge in [0, 0.05) is 6.54 Å². The van der Waals surface area contributed by atoms with Crippen LogP contribution in [0.1, 0.15) is 11.1 Å². The van der Waals surface area contributed by atoms with E-state index >= 15 is 0 Å². The van der Waals surface area contributed by atoms with Gasteiger partial charge in [-0.3, -0.25) is 0 Å². The zero-order valence-electron chi connectivity index (χ0n) is 8.60. The van der Waals surface area contributed by atoms with Crippen LogP contribution in [0.15, 0.2) is 29.4 Å². The summed E-state index contributed by atoms with van der Waals surface area (Å²) in [6.07, 6.45) is 1.71. The quantitative estimate of drug-likeness (QED) is 0.724. The lowest BCUT2D eigenvalue weighted by Gasteiger charge is -2.05. The van der Waals surface area contributed by atoms with Crippen LogP contribution < -0.4 is 5.32 Å². The summed E-state index contributed by atoms with van der Waals surface area (Å²) < 4.78 is 0. The first-order chi connectivity index (χ1) is 7.25. The highest BCUT2D eigenvalue weighted by atomic mass is 16.2. The van der Waals surface area contributed by atoms with Crippen molar-refractivity contribution in [1.82, 2.24) is 10.3 Å². The van der Waals surface area contributed by atoms with E-state index in [0.717, 1.165) is 5.56 Å². The molecule has 1 fully saturated rings. The molecular weight excluding hydrogens is 190 g/mol. The summed E-state index contributed by atoms with van der Waals surface area (Å²) in [5, 5.41) is 8.24. The Morgan fingerprint density at radius 3 is 3.07 bits per heavy atom. The minimum absolute atomic E-state index is 0.126. The zero-order chi connectivity index (χ0) is 10.7. The standard InChI is InChI=1S/C11H13N3O/c1-9-3-2-4-10(7-9)8-13-14-6-5-12-11(14)15/h2-4,7-8H,5-6H2,1H3,(H,12,15). The van der Waals surface area contributed by atoms with Crippen LogP contribution in [0.25, 0.3) is 0 Å². The van der Waals surface area contributed by atoms with Gasteiger partial charge in [-0.2, -0.15) is 5.10 Å². The highest BCUT2D eigenvalue weighted by molar-refractivity contribution is 5.82. The summed E-state index contributed by atoms with van der Waals surface area (Å²) in [6, 6.07) is 7.86. The van der Waals surface area contributed by atoms with Gasteiger partial charge in [0.25, 0.3) is 0 Å². The van der Waals surface area contributed by atoms with Crippen molar-refractivity contribution in [1.29, 1.82) is 0 Å². The third-order valence-electron chi connectivity index (χ3n) is 2.22. The first-order valence-electron chi connectivity index (χ1n) is 4.92. The Kier molecular flexibility index (Phi) is 2.67. The number of carbonyl (C=O) groups excluding carboxylic acids is 1. The van der Waals surface area contributed by atoms with Crippen molar-refractivity contribution in [3.63, 3.8) is 0 Å². The van der Waals surface area contributed by atoms with Crippen LogP contribution in [-0.4, -0.2) is 30.3 Å². The molecule has 1 aromatic carbocycles. The van der Waals surface area contributed by atoms with Crippen LogP contribution in [0.5, 0.6) is 0 Å². The minimum atomic E-state index is -0.126. The molecule has 0 bridgehead atoms. The Morgan fingerprint density at radius 1 is 1.53 bits per heavy atom. The lowest BCUT2D eigenvalue weighted by atomic mass is 10.2. The number of urea groups is 1. The topological polar surface area (TPSA) is 44.7 Å². The SMILES string of the molecule is Cc1cccc(C=NN2CCNC2=O)c1. The van der Waals surface area contributed by atoms with Gasteiger partial charge in [0.15, 0.2) is 0 Å². The molecule has 0 radical (unpaired) electrons. The molecule has 0 aliphatic carbocycles. The molecule has 15 heavy (non-hydrogen) atoms. The molecule has 1 aromatic rings. The zero-order valence-corrected chi connectivity index (χ0v) is 8.60. The van der Waals surface area contributed by atoms with Crippen molar-refractivity contribution in [2.45, 2.75) is 6.92 Å². The monoisotopic (exact) mass is 203 g/mol. The Morgan fingerprint density at radius 2 is 2.40 bits per heavy atom. The number of hydrazone groups is 1. The van der Waals surface area contributed by atoms with Gasteiger partial charge in [0.05, 0.1) is 12.8 Å². The molecular formula is C11H13N3O. The van der Waals surface area contributed by atoms with Crippen LogP contribution in [0.3, 0.4) is 0 Å². The number of hydrogen-bond donors (Lipinski definition) is 1. The number of nitrogens with one attached hydrogen (secondary N) is 1. The lowest BCUT2D eigenvalue weighted by Crippen LogP contribution is -2.23. The molecule has 1 N–H and O–H groups in total. The molecule has 0 aromatic heterocycles. The predicted octanol–water partition coefficient (Wildman–Crippen LogP) is 1.35. The fraction of sp³-hybridized carbons (Fsp3) is 0.273. The first kappa shape index (κ1) is 9.71. The minimum Gasteiger partial charge on any atom is -0.335 e. The number of nitrogens with zero attached hydrogens (tertiary/aromatic N) is 2. The summed E-state index contributed by atoms with van der Waals surface area (Å²) in [5.74, 6) is 0. The second-order valence-electron chi connectivity index (χ2n) is 3.51. The van der Waals surface area contributed by atoms with Gasteiger partial charge in [0.2, 0.25) is 0 Å². The molecule has 0 unspecified atom stereocenters. The Hall–Kier alpha value is -1.84. The summed E-state index contributed by atoms with van der Waals surface area (Å²) in [7, 11) is 0. The summed E-state index contributed by atoms with van der Waals surface area (Å²) >= 11 is 0. The van der Waals surface area contributed by atoms with E-state index in [9.17, 15) is 4.79 Å². The average Bonchev–Trinajstić information content (AvgIpc) is 2.61. The first-order valence-corrected chi connectivity index (χ1v) is 4.92. The number of benzene rings is 1. The van der Waals surface area contributed by atoms with E-state index in [1.165, 1.54) is 10.6 Å². The Labute approximate surface area is 88.6 Å². The largest absolute Gasteiger partial charge is 0.337 e. The van der Waals surface area contributed by atoms with E-state index in [0.29, 0.717) is 13.1 Å². The third-order valence-corrected chi connectivity index (χ3v) is 2.22. The van der Waals surface area contributed by atoms with E-state index < -0.39 is 0 Å². The molecule has 0 saturated carbocycles. The highest BCUT2D eigenvalue weighted by Gasteiger charge is 2.17. The molecule has 4 heteroatoms. The molecule has 1 saturated heterocycles. The second kappa shape index (κ2) is 4.13. The molecule has 0 spiro atoms. The van der Waals surface area contributed by atoms with E-state index in [1.54, 1.807) is 6.21 Å². The van der Waals surface area contributed by atoms with Crippen molar-refractivity contribution in [2.24, 2.45) is 5.10 Å². The summed E-state index contributed by atoms with van der Waals surface area (Å²) in [5.41, 5.74) is 2.19. The third kappa shape index (κ3) is 2.34. The fourth-order valence-corrected chi connectivity index (χ4v) is 1.46. The molecule has 2 rings (SSSR count). The number of carbonyl (C=O) groups is 1. The fourth-order valence-electron chi connectivity index (χ4n) is 1.46. The summed E-state index contributed by atoms with van der Waals surface area (Å²) in [4.78, 5) is 11.2.